The second kappa shape index (κ2) is 4.35. The highest BCUT2D eigenvalue weighted by Gasteiger charge is 2.30. The molecule has 0 aromatic heterocycles. The largest absolute Gasteiger partial charge is 0.398 e. The third-order valence-corrected chi connectivity index (χ3v) is 4.06. The first-order chi connectivity index (χ1) is 10.3. The third-order valence-electron chi connectivity index (χ3n) is 4.06. The van der Waals surface area contributed by atoms with E-state index in [1.165, 1.54) is 0 Å². The van der Waals surface area contributed by atoms with Gasteiger partial charge in [0.05, 0.1) is 12.2 Å². The minimum absolute atomic E-state index is 0.0219. The van der Waals surface area contributed by atoms with Gasteiger partial charge in [-0.3, -0.25) is 4.79 Å². The zero-order valence-electron chi connectivity index (χ0n) is 11.4. The Labute approximate surface area is 122 Å². The molecule has 102 valence electrons. The van der Waals surface area contributed by atoms with E-state index in [1.54, 1.807) is 0 Å². The minimum atomic E-state index is 0.0219. The van der Waals surface area contributed by atoms with Crippen LogP contribution in [-0.2, 0) is 6.54 Å². The number of rotatable bonds is 1. The molecule has 1 aliphatic rings. The van der Waals surface area contributed by atoms with Crippen molar-refractivity contribution in [1.82, 2.24) is 0 Å². The van der Waals surface area contributed by atoms with E-state index in [4.69, 9.17) is 5.73 Å². The maximum Gasteiger partial charge on any atom is 0.259 e. The number of hydrogen-bond donors (Lipinski definition) is 1. The predicted molar refractivity (Wildman–Crippen MR) is 85.3 cm³/mol. The Morgan fingerprint density at radius 1 is 0.905 bits per heavy atom. The van der Waals surface area contributed by atoms with E-state index in [0.717, 1.165) is 22.0 Å². The molecule has 3 nitrogen and oxygen atoms in total. The maximum atomic E-state index is 12.7. The number of hydrogen-bond acceptors (Lipinski definition) is 2. The van der Waals surface area contributed by atoms with Gasteiger partial charge >= 0.3 is 0 Å². The Bertz CT molecular complexity index is 865. The van der Waals surface area contributed by atoms with Crippen LogP contribution in [0.5, 0.6) is 0 Å². The van der Waals surface area contributed by atoms with Gasteiger partial charge in [-0.25, -0.2) is 0 Å². The van der Waals surface area contributed by atoms with Crippen molar-refractivity contribution in [1.29, 1.82) is 0 Å². The summed E-state index contributed by atoms with van der Waals surface area (Å²) in [6, 6.07) is 19.7. The first kappa shape index (κ1) is 12.0. The fraction of sp³-hybridized carbons (Fsp3) is 0.0556. The Morgan fingerprint density at radius 3 is 2.52 bits per heavy atom. The van der Waals surface area contributed by atoms with Crippen LogP contribution in [-0.4, -0.2) is 5.91 Å². The van der Waals surface area contributed by atoms with E-state index >= 15 is 0 Å². The summed E-state index contributed by atoms with van der Waals surface area (Å²) >= 11 is 0. The highest BCUT2D eigenvalue weighted by Crippen LogP contribution is 2.35. The first-order valence-electron chi connectivity index (χ1n) is 6.93. The predicted octanol–water partition coefficient (Wildman–Crippen LogP) is 3.58. The average molecular weight is 274 g/mol. The van der Waals surface area contributed by atoms with Crippen LogP contribution in [0.4, 0.5) is 11.4 Å². The van der Waals surface area contributed by atoms with E-state index in [9.17, 15) is 4.79 Å². The molecule has 0 unspecified atom stereocenters. The molecule has 1 amide bonds. The van der Waals surface area contributed by atoms with Crippen LogP contribution < -0.4 is 10.6 Å². The lowest BCUT2D eigenvalue weighted by Gasteiger charge is -2.18. The highest BCUT2D eigenvalue weighted by molar-refractivity contribution is 6.14. The van der Waals surface area contributed by atoms with Crippen LogP contribution in [0.3, 0.4) is 0 Å². The SMILES string of the molecule is Nc1cccc2c1CN(c1cccc3ccccc13)C2=O. The van der Waals surface area contributed by atoms with Crippen LogP contribution in [0.15, 0.2) is 60.7 Å². The summed E-state index contributed by atoms with van der Waals surface area (Å²) in [5.74, 6) is 0.0219. The molecule has 0 atom stereocenters. The molecule has 21 heavy (non-hydrogen) atoms. The normalized spacial score (nSPS) is 13.7. The molecular weight excluding hydrogens is 260 g/mol. The van der Waals surface area contributed by atoms with Crippen molar-refractivity contribution in [3.8, 4) is 0 Å². The first-order valence-corrected chi connectivity index (χ1v) is 6.93. The van der Waals surface area contributed by atoms with Gasteiger partial charge in [-0.2, -0.15) is 0 Å². The van der Waals surface area contributed by atoms with E-state index in [-0.39, 0.29) is 5.91 Å². The van der Waals surface area contributed by atoms with E-state index in [1.807, 2.05) is 53.4 Å². The fourth-order valence-electron chi connectivity index (χ4n) is 3.00. The zero-order valence-corrected chi connectivity index (χ0v) is 11.4. The molecular formula is C18H14N2O. The zero-order chi connectivity index (χ0) is 14.4. The van der Waals surface area contributed by atoms with E-state index in [2.05, 4.69) is 12.1 Å². The maximum absolute atomic E-state index is 12.7. The van der Waals surface area contributed by atoms with Gasteiger partial charge in [0.25, 0.3) is 5.91 Å². The monoisotopic (exact) mass is 274 g/mol. The highest BCUT2D eigenvalue weighted by atomic mass is 16.2. The van der Waals surface area contributed by atoms with Gasteiger partial charge < -0.3 is 10.6 Å². The number of amides is 1. The number of fused-ring (bicyclic) bond motifs is 2. The van der Waals surface area contributed by atoms with Crippen LogP contribution in [0.1, 0.15) is 15.9 Å². The van der Waals surface area contributed by atoms with Crippen molar-refractivity contribution in [2.24, 2.45) is 0 Å². The molecule has 0 bridgehead atoms. The van der Waals surface area contributed by atoms with Crippen LogP contribution in [0.25, 0.3) is 10.8 Å². The summed E-state index contributed by atoms with van der Waals surface area (Å²) in [5, 5.41) is 2.21. The molecule has 0 fully saturated rings. The Morgan fingerprint density at radius 2 is 1.67 bits per heavy atom. The molecule has 1 aliphatic heterocycles. The second-order valence-corrected chi connectivity index (χ2v) is 5.26. The van der Waals surface area contributed by atoms with Gasteiger partial charge in [-0.05, 0) is 23.6 Å². The van der Waals surface area contributed by atoms with Crippen LogP contribution >= 0.6 is 0 Å². The number of benzene rings is 3. The van der Waals surface area contributed by atoms with Crippen molar-refractivity contribution < 1.29 is 4.79 Å². The Hall–Kier alpha value is -2.81. The molecule has 0 saturated heterocycles. The smallest absolute Gasteiger partial charge is 0.259 e. The van der Waals surface area contributed by atoms with Crippen LogP contribution in [0, 0.1) is 0 Å². The molecule has 0 spiro atoms. The number of carbonyl (C=O) groups excluding carboxylic acids is 1. The van der Waals surface area contributed by atoms with Crippen molar-refractivity contribution in [3.63, 3.8) is 0 Å². The molecule has 0 aliphatic carbocycles. The number of carbonyl (C=O) groups is 1. The molecule has 1 heterocycles. The van der Waals surface area contributed by atoms with E-state index < -0.39 is 0 Å². The number of nitrogens with two attached hydrogens (primary N) is 1. The lowest BCUT2D eigenvalue weighted by molar-refractivity contribution is 0.0997. The molecule has 0 saturated carbocycles. The van der Waals surface area contributed by atoms with Crippen molar-refractivity contribution in [2.75, 3.05) is 10.6 Å². The van der Waals surface area contributed by atoms with Crippen molar-refractivity contribution in [2.45, 2.75) is 6.54 Å². The minimum Gasteiger partial charge on any atom is -0.398 e. The van der Waals surface area contributed by atoms with Crippen molar-refractivity contribution in [3.05, 3.63) is 71.8 Å². The van der Waals surface area contributed by atoms with Gasteiger partial charge in [0.2, 0.25) is 0 Å². The van der Waals surface area contributed by atoms with E-state index in [0.29, 0.717) is 17.8 Å². The third kappa shape index (κ3) is 1.71. The average Bonchev–Trinajstić information content (AvgIpc) is 2.85. The Kier molecular flexibility index (Phi) is 2.48. The summed E-state index contributed by atoms with van der Waals surface area (Å²) < 4.78 is 0. The standard InChI is InChI=1S/C18H14N2O/c19-16-9-4-8-14-15(16)11-20(18(14)21)17-10-3-6-12-5-1-2-7-13(12)17/h1-10H,11,19H2. The topological polar surface area (TPSA) is 46.3 Å². The summed E-state index contributed by atoms with van der Waals surface area (Å²) in [4.78, 5) is 14.5. The molecule has 3 heteroatoms. The van der Waals surface area contributed by atoms with Crippen molar-refractivity contribution >= 4 is 28.1 Å². The second-order valence-electron chi connectivity index (χ2n) is 5.26. The molecule has 2 N–H and O–H groups in total. The quantitative estimate of drug-likeness (QED) is 0.689. The number of anilines is 2. The summed E-state index contributed by atoms with van der Waals surface area (Å²) in [6.07, 6.45) is 0. The fourth-order valence-corrected chi connectivity index (χ4v) is 3.00. The lowest BCUT2D eigenvalue weighted by Crippen LogP contribution is -2.23. The molecule has 0 radical (unpaired) electrons. The molecule has 3 aromatic carbocycles. The summed E-state index contributed by atoms with van der Waals surface area (Å²) in [5.41, 5.74) is 9.27. The van der Waals surface area contributed by atoms with Gasteiger partial charge in [0.15, 0.2) is 0 Å². The van der Waals surface area contributed by atoms with Gasteiger partial charge in [-0.15, -0.1) is 0 Å². The lowest BCUT2D eigenvalue weighted by atomic mass is 10.1. The Balaban J connectivity index is 1.89. The summed E-state index contributed by atoms with van der Waals surface area (Å²) in [6.45, 7) is 0.537. The molecule has 4 rings (SSSR count). The molecule has 3 aromatic rings. The number of nitrogen functional groups attached to an aromatic ring is 1. The van der Waals surface area contributed by atoms with Gasteiger partial charge in [0, 0.05) is 22.2 Å². The van der Waals surface area contributed by atoms with Gasteiger partial charge in [-0.1, -0.05) is 42.5 Å². The van der Waals surface area contributed by atoms with Gasteiger partial charge in [0.1, 0.15) is 0 Å². The summed E-state index contributed by atoms with van der Waals surface area (Å²) in [7, 11) is 0. The number of nitrogens with zero attached hydrogens (tertiary/aromatic N) is 1. The van der Waals surface area contributed by atoms with Crippen LogP contribution in [0.2, 0.25) is 0 Å².